The summed E-state index contributed by atoms with van der Waals surface area (Å²) in [7, 11) is 3.76. The Morgan fingerprint density at radius 2 is 1.23 bits per heavy atom. The first-order valence-electron chi connectivity index (χ1n) is 20.8. The van der Waals surface area contributed by atoms with Crippen molar-refractivity contribution in [1.29, 1.82) is 0 Å². The number of H-pyrrole nitrogens is 2. The predicted molar refractivity (Wildman–Crippen MR) is 254 cm³/mol. The highest BCUT2D eigenvalue weighted by Crippen LogP contribution is 2.50. The van der Waals surface area contributed by atoms with Crippen molar-refractivity contribution in [2.45, 2.75) is 24.7 Å². The molecule has 5 N–H and O–H groups in total. The Labute approximate surface area is 398 Å². The molecular weight excluding hydrogens is 957 g/mol. The van der Waals surface area contributed by atoms with Crippen molar-refractivity contribution < 1.29 is 65.5 Å². The van der Waals surface area contributed by atoms with Gasteiger partial charge in [-0.2, -0.15) is 26.3 Å². The van der Waals surface area contributed by atoms with Crippen LogP contribution in [-0.4, -0.2) is 96.4 Å². The Kier molecular flexibility index (Phi) is 14.2. The van der Waals surface area contributed by atoms with Gasteiger partial charge in [0.05, 0.1) is 48.7 Å². The topological polar surface area (TPSA) is 168 Å². The second-order valence-corrected chi connectivity index (χ2v) is 16.1. The van der Waals surface area contributed by atoms with Gasteiger partial charge >= 0.3 is 24.3 Å². The summed E-state index contributed by atoms with van der Waals surface area (Å²) in [6, 6.07) is 18.0. The number of nitrogens with zero attached hydrogens (tertiary/aromatic N) is 2. The molecule has 1 atom stereocenters. The minimum absolute atomic E-state index is 0.0140. The van der Waals surface area contributed by atoms with E-state index in [-0.39, 0.29) is 57.8 Å². The van der Waals surface area contributed by atoms with E-state index < -0.39 is 64.4 Å². The lowest BCUT2D eigenvalue weighted by atomic mass is 9.91. The number of halogens is 8. The number of esters is 2. The number of fused-ring (bicyclic) bond motifs is 8. The van der Waals surface area contributed by atoms with Crippen LogP contribution in [0.4, 0.5) is 37.7 Å². The maximum Gasteiger partial charge on any atom is 0.432 e. The third-order valence-corrected chi connectivity index (χ3v) is 12.4. The van der Waals surface area contributed by atoms with E-state index in [0.29, 0.717) is 24.2 Å². The molecule has 0 spiro atoms. The van der Waals surface area contributed by atoms with Crippen molar-refractivity contribution >= 4 is 108 Å². The van der Waals surface area contributed by atoms with Crippen LogP contribution in [0.5, 0.6) is 11.5 Å². The minimum Gasteiger partial charge on any atom is -0.506 e. The number of methoxy groups -OCH3 is 2. The predicted octanol–water partition coefficient (Wildman–Crippen LogP) is 10.9. The standard InChI is InChI=1S/C34H26ClF3N2O5.C14H13F3N2O3.CH3Cl/c1-45-33(44)30-29-28-18(16-35)17-40(25(28)15-26(42)31(29)39-32(30)34(36,37)38)27(43)13-12-24-21-9-4-2-7-19(21)23(11-6-14-41)20-8-3-5-10-22(20)24;1-19-4-3-6-7(19)5-8(20)11-9(6)10(13(21)22-2)12(18-11)14(15,16)17;1-2/h2-13,15,18,39,41-42H,14,16-17H2,1H3;5,18,20H,3-4H2,1-2H3;1H3/b11-6+,13-12+;;. The molecule has 9 rings (SSSR count). The van der Waals surface area contributed by atoms with Crippen molar-refractivity contribution in [3.63, 3.8) is 0 Å². The number of likely N-dealkylation sites (N-methyl/N-ethyl adjacent to an activating group) is 1. The van der Waals surface area contributed by atoms with Gasteiger partial charge in [-0.25, -0.2) is 9.59 Å². The van der Waals surface area contributed by atoms with E-state index in [9.17, 15) is 56.0 Å². The van der Waals surface area contributed by atoms with Gasteiger partial charge in [-0.05, 0) is 56.3 Å². The number of phenols is 2. The Morgan fingerprint density at radius 1 is 0.768 bits per heavy atom. The van der Waals surface area contributed by atoms with Crippen molar-refractivity contribution in [1.82, 2.24) is 9.97 Å². The van der Waals surface area contributed by atoms with Crippen LogP contribution in [-0.2, 0) is 33.0 Å². The number of carbonyl (C=O) groups is 3. The van der Waals surface area contributed by atoms with Crippen molar-refractivity contribution in [2.75, 3.05) is 63.0 Å². The molecule has 2 aromatic heterocycles. The minimum atomic E-state index is -4.95. The summed E-state index contributed by atoms with van der Waals surface area (Å²) in [6.07, 6.45) is -1.17. The number of anilines is 2. The number of hydrogen-bond donors (Lipinski definition) is 5. The third-order valence-electron chi connectivity index (χ3n) is 12.0. The fraction of sp³-hybridized carbons (Fsp3) is 0.245. The van der Waals surface area contributed by atoms with Gasteiger partial charge in [0, 0.05) is 73.0 Å². The summed E-state index contributed by atoms with van der Waals surface area (Å²) in [5.74, 6) is -4.41. The second-order valence-electron chi connectivity index (χ2n) is 15.8. The van der Waals surface area contributed by atoms with Gasteiger partial charge in [-0.1, -0.05) is 60.7 Å². The summed E-state index contributed by atoms with van der Waals surface area (Å²) in [4.78, 5) is 45.8. The summed E-state index contributed by atoms with van der Waals surface area (Å²) in [6.45, 7) is 0.490. The Hall–Kier alpha value is -6.89. The molecule has 7 aromatic rings. The van der Waals surface area contributed by atoms with Crippen LogP contribution in [0.3, 0.4) is 0 Å². The van der Waals surface area contributed by atoms with Gasteiger partial charge in [0.25, 0.3) is 5.91 Å². The van der Waals surface area contributed by atoms with Crippen LogP contribution in [0.1, 0.15) is 60.3 Å². The first-order chi connectivity index (χ1) is 32.9. The lowest BCUT2D eigenvalue weighted by Crippen LogP contribution is -2.28. The summed E-state index contributed by atoms with van der Waals surface area (Å²) in [5, 5.41) is 33.7. The summed E-state index contributed by atoms with van der Waals surface area (Å²) >= 11 is 10.9. The molecule has 362 valence electrons. The highest BCUT2D eigenvalue weighted by molar-refractivity contribution is 6.20. The molecular formula is C49H42Cl2F6N4O8. The molecule has 20 heteroatoms. The maximum absolute atomic E-state index is 14.0. The zero-order chi connectivity index (χ0) is 50.3. The number of ether oxygens (including phenoxy) is 2. The maximum atomic E-state index is 14.0. The van der Waals surface area contributed by atoms with E-state index in [1.807, 2.05) is 59.5 Å². The molecule has 2 aliphatic rings. The number of aliphatic hydroxyl groups is 1. The highest BCUT2D eigenvalue weighted by atomic mass is 35.5. The SMILES string of the molecule is CCl.COC(=O)c1c(C(F)(F)F)[nH]c2c(O)cc3c(c12)C(CCl)CN3C(=O)/C=C/c1c2ccccc2c(/C=C/CO)c2ccccc12.COC(=O)c1c(C(F)(F)F)[nH]c2c(O)cc3c(c12)CCN3C. The monoisotopic (exact) mass is 998 g/mol. The lowest BCUT2D eigenvalue weighted by Gasteiger charge is -2.17. The number of benzene rings is 5. The average molecular weight is 1000 g/mol. The number of nitrogens with one attached hydrogen (secondary N) is 2. The molecule has 5 aromatic carbocycles. The Bertz CT molecular complexity index is 3180. The first-order valence-corrected chi connectivity index (χ1v) is 22.1. The second kappa shape index (κ2) is 19.6. The van der Waals surface area contributed by atoms with E-state index in [2.05, 4.69) is 31.0 Å². The zero-order valence-corrected chi connectivity index (χ0v) is 38.5. The van der Waals surface area contributed by atoms with Crippen LogP contribution in [0.25, 0.3) is 55.5 Å². The van der Waals surface area contributed by atoms with Crippen LogP contribution in [0.15, 0.2) is 72.8 Å². The number of hydrogen-bond acceptors (Lipinski definition) is 9. The molecule has 69 heavy (non-hydrogen) atoms. The largest absolute Gasteiger partial charge is 0.506 e. The van der Waals surface area contributed by atoms with Crippen LogP contribution in [0, 0.1) is 0 Å². The number of aliphatic hydroxyl groups excluding tert-OH is 1. The number of alkyl halides is 8. The number of rotatable bonds is 7. The smallest absolute Gasteiger partial charge is 0.432 e. The lowest BCUT2D eigenvalue weighted by molar-refractivity contribution is -0.141. The van der Waals surface area contributed by atoms with E-state index in [0.717, 1.165) is 46.9 Å². The Balaban J connectivity index is 0.000000245. The van der Waals surface area contributed by atoms with E-state index in [4.69, 9.17) is 11.6 Å². The van der Waals surface area contributed by atoms with E-state index >= 15 is 0 Å². The first kappa shape index (κ1) is 50.0. The van der Waals surface area contributed by atoms with Gasteiger partial charge in [-0.3, -0.25) is 4.79 Å². The molecule has 2 aliphatic heterocycles. The average Bonchev–Trinajstić information content (AvgIpc) is 4.12. The molecule has 1 amide bonds. The van der Waals surface area contributed by atoms with Gasteiger partial charge in [-0.15, -0.1) is 23.2 Å². The number of amides is 1. The third kappa shape index (κ3) is 8.87. The van der Waals surface area contributed by atoms with E-state index in [1.54, 1.807) is 19.2 Å². The summed E-state index contributed by atoms with van der Waals surface area (Å²) < 4.78 is 90.8. The number of phenolic OH excluding ortho intramolecular Hbond substituents is 2. The van der Waals surface area contributed by atoms with Gasteiger partial charge < -0.3 is 44.6 Å². The molecule has 4 heterocycles. The van der Waals surface area contributed by atoms with Crippen LogP contribution < -0.4 is 9.80 Å². The highest BCUT2D eigenvalue weighted by Gasteiger charge is 2.44. The molecule has 12 nitrogen and oxygen atoms in total. The van der Waals surface area contributed by atoms with Crippen LogP contribution >= 0.6 is 23.2 Å². The molecule has 1 unspecified atom stereocenters. The molecule has 0 aliphatic carbocycles. The molecule has 0 saturated carbocycles. The summed E-state index contributed by atoms with van der Waals surface area (Å²) in [5.41, 5.74) is -1.01. The molecule has 0 saturated heterocycles. The normalized spacial score (nSPS) is 14.7. The Morgan fingerprint density at radius 3 is 1.70 bits per heavy atom. The quantitative estimate of drug-likeness (QED) is 0.0343. The van der Waals surface area contributed by atoms with Crippen molar-refractivity contribution in [3.05, 3.63) is 118 Å². The number of carbonyl (C=O) groups excluding carboxylic acids is 3. The fourth-order valence-electron chi connectivity index (χ4n) is 9.16. The number of aromatic hydroxyl groups is 2. The number of aromatic amines is 2. The van der Waals surface area contributed by atoms with Gasteiger partial charge in [0.15, 0.2) is 0 Å². The molecule has 0 fully saturated rings. The van der Waals surface area contributed by atoms with Gasteiger partial charge in [0.2, 0.25) is 0 Å². The molecule has 0 radical (unpaired) electrons. The fourth-order valence-corrected chi connectivity index (χ4v) is 9.41. The number of aromatic nitrogens is 2. The zero-order valence-electron chi connectivity index (χ0n) is 37.0. The molecule has 0 bridgehead atoms. The van der Waals surface area contributed by atoms with Crippen molar-refractivity contribution in [3.8, 4) is 11.5 Å². The van der Waals surface area contributed by atoms with Gasteiger partial charge in [0.1, 0.15) is 22.9 Å². The van der Waals surface area contributed by atoms with Crippen LogP contribution in [0.2, 0.25) is 0 Å². The van der Waals surface area contributed by atoms with E-state index in [1.165, 1.54) is 29.5 Å². The van der Waals surface area contributed by atoms with Crippen molar-refractivity contribution in [2.24, 2.45) is 0 Å².